The maximum Gasteiger partial charge on any atom is 0.106 e. The largest absolute Gasteiger partial charge is 0.349 e. The molecule has 0 aliphatic heterocycles. The van der Waals surface area contributed by atoms with E-state index in [2.05, 4.69) is 22.2 Å². The lowest BCUT2D eigenvalue weighted by Gasteiger charge is -2.04. The van der Waals surface area contributed by atoms with Gasteiger partial charge in [0, 0.05) is 18.8 Å². The predicted molar refractivity (Wildman–Crippen MR) is 73.2 cm³/mol. The van der Waals surface area contributed by atoms with E-state index in [-0.39, 0.29) is 0 Å². The van der Waals surface area contributed by atoms with Crippen molar-refractivity contribution in [1.29, 1.82) is 0 Å². The van der Waals surface area contributed by atoms with Crippen LogP contribution in [0.25, 0.3) is 0 Å². The van der Waals surface area contributed by atoms with Crippen molar-refractivity contribution < 1.29 is 0 Å². The van der Waals surface area contributed by atoms with E-state index >= 15 is 0 Å². The highest BCUT2D eigenvalue weighted by Gasteiger charge is 1.94. The minimum absolute atomic E-state index is 1.05. The standard InChI is InChI=1S/C14H27N3/c1-2-3-4-5-6-7-10-15-11-8-9-14-16-12-13-17-14/h12-13,15H,2-11H2,1H3,(H,16,17). The lowest BCUT2D eigenvalue weighted by Crippen LogP contribution is -2.17. The number of rotatable bonds is 11. The first kappa shape index (κ1) is 14.2. The maximum atomic E-state index is 4.21. The van der Waals surface area contributed by atoms with E-state index in [1.165, 1.54) is 51.5 Å². The van der Waals surface area contributed by atoms with Gasteiger partial charge in [-0.15, -0.1) is 0 Å². The molecule has 3 nitrogen and oxygen atoms in total. The number of aryl methyl sites for hydroxylation is 1. The van der Waals surface area contributed by atoms with Gasteiger partial charge >= 0.3 is 0 Å². The van der Waals surface area contributed by atoms with Gasteiger partial charge in [0.15, 0.2) is 0 Å². The van der Waals surface area contributed by atoms with Crippen molar-refractivity contribution >= 4 is 0 Å². The summed E-state index contributed by atoms with van der Waals surface area (Å²) in [6.07, 6.45) is 14.2. The molecule has 0 amide bonds. The molecule has 0 aliphatic carbocycles. The molecule has 3 heteroatoms. The summed E-state index contributed by atoms with van der Waals surface area (Å²) in [6.45, 7) is 4.54. The van der Waals surface area contributed by atoms with E-state index in [1.807, 2.05) is 12.4 Å². The Morgan fingerprint density at radius 2 is 1.82 bits per heavy atom. The van der Waals surface area contributed by atoms with Gasteiger partial charge in [0.1, 0.15) is 5.82 Å². The summed E-state index contributed by atoms with van der Waals surface area (Å²) in [4.78, 5) is 7.34. The fourth-order valence-corrected chi connectivity index (χ4v) is 1.97. The number of imidazole rings is 1. The quantitative estimate of drug-likeness (QED) is 0.580. The first-order valence-corrected chi connectivity index (χ1v) is 7.12. The number of hydrogen-bond acceptors (Lipinski definition) is 2. The van der Waals surface area contributed by atoms with E-state index in [9.17, 15) is 0 Å². The molecule has 17 heavy (non-hydrogen) atoms. The van der Waals surface area contributed by atoms with Crippen LogP contribution in [0.3, 0.4) is 0 Å². The topological polar surface area (TPSA) is 40.7 Å². The summed E-state index contributed by atoms with van der Waals surface area (Å²) < 4.78 is 0. The molecule has 0 saturated carbocycles. The second kappa shape index (κ2) is 10.3. The van der Waals surface area contributed by atoms with Crippen LogP contribution in [0.4, 0.5) is 0 Å². The van der Waals surface area contributed by atoms with E-state index in [0.29, 0.717) is 0 Å². The summed E-state index contributed by atoms with van der Waals surface area (Å²) >= 11 is 0. The zero-order valence-electron chi connectivity index (χ0n) is 11.2. The second-order valence-corrected chi connectivity index (χ2v) is 4.66. The fraction of sp³-hybridized carbons (Fsp3) is 0.786. The third-order valence-corrected chi connectivity index (χ3v) is 3.03. The van der Waals surface area contributed by atoms with Gasteiger partial charge in [-0.05, 0) is 25.9 Å². The minimum Gasteiger partial charge on any atom is -0.349 e. The molecule has 0 fully saturated rings. The molecule has 2 N–H and O–H groups in total. The molecule has 0 spiro atoms. The van der Waals surface area contributed by atoms with E-state index in [4.69, 9.17) is 0 Å². The van der Waals surface area contributed by atoms with E-state index in [1.54, 1.807) is 0 Å². The van der Waals surface area contributed by atoms with Crippen LogP contribution in [0.2, 0.25) is 0 Å². The Morgan fingerprint density at radius 3 is 2.59 bits per heavy atom. The van der Waals surface area contributed by atoms with Crippen molar-refractivity contribution in [2.45, 2.75) is 58.3 Å². The molecule has 1 heterocycles. The number of hydrogen-bond donors (Lipinski definition) is 2. The smallest absolute Gasteiger partial charge is 0.106 e. The molecular weight excluding hydrogens is 210 g/mol. The summed E-state index contributed by atoms with van der Waals surface area (Å²) in [5.74, 6) is 1.10. The first-order chi connectivity index (χ1) is 8.43. The summed E-state index contributed by atoms with van der Waals surface area (Å²) in [6, 6.07) is 0. The first-order valence-electron chi connectivity index (χ1n) is 7.12. The van der Waals surface area contributed by atoms with Gasteiger partial charge < -0.3 is 10.3 Å². The average Bonchev–Trinajstić information content (AvgIpc) is 2.85. The monoisotopic (exact) mass is 237 g/mol. The van der Waals surface area contributed by atoms with Crippen molar-refractivity contribution in [2.75, 3.05) is 13.1 Å². The fourth-order valence-electron chi connectivity index (χ4n) is 1.97. The Labute approximate surface area is 105 Å². The number of nitrogens with zero attached hydrogens (tertiary/aromatic N) is 1. The summed E-state index contributed by atoms with van der Waals surface area (Å²) in [7, 11) is 0. The van der Waals surface area contributed by atoms with E-state index < -0.39 is 0 Å². The normalized spacial score (nSPS) is 10.9. The Kier molecular flexibility index (Phi) is 8.65. The lowest BCUT2D eigenvalue weighted by atomic mass is 10.1. The second-order valence-electron chi connectivity index (χ2n) is 4.66. The lowest BCUT2D eigenvalue weighted by molar-refractivity contribution is 0.563. The molecule has 98 valence electrons. The Hall–Kier alpha value is -0.830. The van der Waals surface area contributed by atoms with Crippen LogP contribution in [-0.2, 0) is 6.42 Å². The SMILES string of the molecule is CCCCCCCCNCCCc1ncc[nH]1. The molecule has 0 atom stereocenters. The van der Waals surface area contributed by atoms with Crippen molar-refractivity contribution in [3.63, 3.8) is 0 Å². The minimum atomic E-state index is 1.05. The number of H-pyrrole nitrogens is 1. The molecule has 0 unspecified atom stereocenters. The number of aromatic nitrogens is 2. The number of nitrogens with one attached hydrogen (secondary N) is 2. The Morgan fingerprint density at radius 1 is 1.06 bits per heavy atom. The molecule has 1 aromatic heterocycles. The highest BCUT2D eigenvalue weighted by Crippen LogP contribution is 2.04. The molecule has 0 aromatic carbocycles. The van der Waals surface area contributed by atoms with Crippen LogP contribution in [0.5, 0.6) is 0 Å². The van der Waals surface area contributed by atoms with Crippen molar-refractivity contribution in [2.24, 2.45) is 0 Å². The van der Waals surface area contributed by atoms with Crippen molar-refractivity contribution in [1.82, 2.24) is 15.3 Å². The van der Waals surface area contributed by atoms with Crippen molar-refractivity contribution in [3.05, 3.63) is 18.2 Å². The van der Waals surface area contributed by atoms with Gasteiger partial charge in [-0.3, -0.25) is 0 Å². The molecule has 0 bridgehead atoms. The van der Waals surface area contributed by atoms with Gasteiger partial charge in [-0.1, -0.05) is 39.0 Å². The Balaban J connectivity index is 1.76. The van der Waals surface area contributed by atoms with Crippen LogP contribution >= 0.6 is 0 Å². The summed E-state index contributed by atoms with van der Waals surface area (Å²) in [5, 5.41) is 3.50. The van der Waals surface area contributed by atoms with Gasteiger partial charge in [0.2, 0.25) is 0 Å². The van der Waals surface area contributed by atoms with Gasteiger partial charge in [-0.2, -0.15) is 0 Å². The van der Waals surface area contributed by atoms with Gasteiger partial charge in [0.05, 0.1) is 0 Å². The zero-order valence-corrected chi connectivity index (χ0v) is 11.2. The van der Waals surface area contributed by atoms with Crippen LogP contribution in [0.1, 0.15) is 57.7 Å². The third kappa shape index (κ3) is 7.97. The molecule has 0 aliphatic rings. The third-order valence-electron chi connectivity index (χ3n) is 3.03. The summed E-state index contributed by atoms with van der Waals surface area (Å²) in [5.41, 5.74) is 0. The predicted octanol–water partition coefficient (Wildman–Crippen LogP) is 3.29. The number of aromatic amines is 1. The van der Waals surface area contributed by atoms with Crippen LogP contribution in [0, 0.1) is 0 Å². The zero-order chi connectivity index (χ0) is 12.2. The van der Waals surface area contributed by atoms with E-state index in [0.717, 1.165) is 18.8 Å². The maximum absolute atomic E-state index is 4.21. The Bertz CT molecular complexity index is 244. The highest BCUT2D eigenvalue weighted by molar-refractivity contribution is 4.86. The highest BCUT2D eigenvalue weighted by atomic mass is 14.9. The van der Waals surface area contributed by atoms with Gasteiger partial charge in [0.25, 0.3) is 0 Å². The molecule has 0 radical (unpaired) electrons. The van der Waals surface area contributed by atoms with Crippen LogP contribution in [0.15, 0.2) is 12.4 Å². The van der Waals surface area contributed by atoms with Crippen molar-refractivity contribution in [3.8, 4) is 0 Å². The number of unbranched alkanes of at least 4 members (excludes halogenated alkanes) is 5. The molecule has 1 rings (SSSR count). The molecular formula is C14H27N3. The van der Waals surface area contributed by atoms with Gasteiger partial charge in [-0.25, -0.2) is 4.98 Å². The average molecular weight is 237 g/mol. The van der Waals surface area contributed by atoms with Crippen LogP contribution < -0.4 is 5.32 Å². The van der Waals surface area contributed by atoms with Crippen LogP contribution in [-0.4, -0.2) is 23.1 Å². The molecule has 1 aromatic rings. The molecule has 0 saturated heterocycles.